The van der Waals surface area contributed by atoms with E-state index in [-0.39, 0.29) is 23.0 Å². The average molecular weight is 553 g/mol. The first-order valence-electron chi connectivity index (χ1n) is 13.8. The molecule has 2 heterocycles. The van der Waals surface area contributed by atoms with Gasteiger partial charge in [-0.15, -0.1) is 0 Å². The minimum absolute atomic E-state index is 0.0178. The van der Waals surface area contributed by atoms with Gasteiger partial charge < -0.3 is 9.80 Å². The quantitative estimate of drug-likeness (QED) is 0.334. The fourth-order valence-corrected chi connectivity index (χ4v) is 5.04. The van der Waals surface area contributed by atoms with Crippen molar-refractivity contribution in [3.8, 4) is 24.3 Å². The second-order valence-electron chi connectivity index (χ2n) is 9.88. The van der Waals surface area contributed by atoms with E-state index < -0.39 is 0 Å². The molecule has 8 nitrogen and oxygen atoms in total. The van der Waals surface area contributed by atoms with Gasteiger partial charge in [0.2, 0.25) is 0 Å². The van der Waals surface area contributed by atoms with Gasteiger partial charge in [0, 0.05) is 13.1 Å². The molecule has 0 radical (unpaired) electrons. The summed E-state index contributed by atoms with van der Waals surface area (Å²) in [7, 11) is 0. The lowest BCUT2D eigenvalue weighted by Crippen LogP contribution is -2.31. The summed E-state index contributed by atoms with van der Waals surface area (Å²) in [5, 5.41) is 36.4. The molecule has 2 amide bonds. The van der Waals surface area contributed by atoms with Crippen LogP contribution in [0.3, 0.4) is 0 Å². The van der Waals surface area contributed by atoms with E-state index in [1.165, 1.54) is 12.2 Å². The number of unbranched alkanes of at least 4 members (excludes halogenated alkanes) is 2. The number of hydrogen-bond acceptors (Lipinski definition) is 6. The summed E-state index contributed by atoms with van der Waals surface area (Å²) in [4.78, 5) is 31.6. The summed E-state index contributed by atoms with van der Waals surface area (Å²) >= 11 is 0. The second-order valence-corrected chi connectivity index (χ2v) is 9.88. The van der Waals surface area contributed by atoms with Gasteiger partial charge in [0.25, 0.3) is 11.8 Å². The van der Waals surface area contributed by atoms with E-state index in [1.54, 1.807) is 58.3 Å². The lowest BCUT2D eigenvalue weighted by Gasteiger charge is -2.25. The molecule has 4 rings (SSSR count). The molecule has 8 heteroatoms. The Morgan fingerprint density at radius 2 is 0.952 bits per heavy atom. The molecule has 0 saturated carbocycles. The molecule has 0 bridgehead atoms. The van der Waals surface area contributed by atoms with Crippen molar-refractivity contribution in [2.75, 3.05) is 13.1 Å². The average Bonchev–Trinajstić information content (AvgIpc) is 3.47. The molecule has 0 spiro atoms. The summed E-state index contributed by atoms with van der Waals surface area (Å²) in [5.41, 5.74) is 4.56. The minimum atomic E-state index is -0.226. The lowest BCUT2D eigenvalue weighted by molar-refractivity contribution is -0.124. The molecule has 0 atom stereocenters. The Morgan fingerprint density at radius 3 is 1.24 bits per heavy atom. The third-order valence-electron chi connectivity index (χ3n) is 7.12. The van der Waals surface area contributed by atoms with Crippen molar-refractivity contribution in [3.63, 3.8) is 0 Å². The highest BCUT2D eigenvalue weighted by atomic mass is 16.2. The van der Waals surface area contributed by atoms with Crippen molar-refractivity contribution >= 4 is 35.4 Å². The maximum absolute atomic E-state index is 14.1. The smallest absolute Gasteiger partial charge is 0.261 e. The van der Waals surface area contributed by atoms with Gasteiger partial charge in [-0.3, -0.25) is 9.59 Å². The predicted octanol–water partition coefficient (Wildman–Crippen LogP) is 5.95. The minimum Gasteiger partial charge on any atom is -0.307 e. The van der Waals surface area contributed by atoms with Crippen molar-refractivity contribution in [1.29, 1.82) is 21.0 Å². The summed E-state index contributed by atoms with van der Waals surface area (Å²) in [6.45, 7) is 4.99. The van der Waals surface area contributed by atoms with Gasteiger partial charge in [-0.05, 0) is 47.2 Å². The Balaban J connectivity index is 1.90. The van der Waals surface area contributed by atoms with E-state index in [9.17, 15) is 9.59 Å². The van der Waals surface area contributed by atoms with Gasteiger partial charge >= 0.3 is 0 Å². The molecule has 0 fully saturated rings. The van der Waals surface area contributed by atoms with Crippen molar-refractivity contribution in [3.05, 3.63) is 93.1 Å². The van der Waals surface area contributed by atoms with E-state index in [0.29, 0.717) is 57.9 Å². The van der Waals surface area contributed by atoms with Crippen molar-refractivity contribution < 1.29 is 9.59 Å². The largest absolute Gasteiger partial charge is 0.307 e. The third-order valence-corrected chi connectivity index (χ3v) is 7.12. The molecule has 0 saturated heterocycles. The molecule has 0 unspecified atom stereocenters. The predicted molar refractivity (Wildman–Crippen MR) is 158 cm³/mol. The van der Waals surface area contributed by atoms with E-state index in [0.717, 1.165) is 25.7 Å². The fourth-order valence-electron chi connectivity index (χ4n) is 5.04. The zero-order valence-electron chi connectivity index (χ0n) is 23.5. The Hall–Kier alpha value is -5.70. The van der Waals surface area contributed by atoms with Crippen LogP contribution in [0, 0.1) is 45.3 Å². The van der Waals surface area contributed by atoms with Gasteiger partial charge in [0.15, 0.2) is 0 Å². The molecular formula is C34H28N6O2. The molecular weight excluding hydrogens is 524 g/mol. The van der Waals surface area contributed by atoms with E-state index in [2.05, 4.69) is 0 Å². The van der Waals surface area contributed by atoms with Crippen LogP contribution in [0.2, 0.25) is 0 Å². The summed E-state index contributed by atoms with van der Waals surface area (Å²) in [5.74, 6) is -0.451. The number of allylic oxidation sites excluding steroid dienone is 2. The van der Waals surface area contributed by atoms with Crippen LogP contribution in [0.4, 0.5) is 0 Å². The first-order chi connectivity index (χ1) is 20.4. The Kier molecular flexibility index (Phi) is 9.14. The van der Waals surface area contributed by atoms with Crippen LogP contribution in [0.25, 0.3) is 23.5 Å². The first-order valence-corrected chi connectivity index (χ1v) is 13.8. The Labute approximate surface area is 245 Å². The maximum atomic E-state index is 14.1. The zero-order chi connectivity index (χ0) is 30.2. The van der Waals surface area contributed by atoms with Crippen molar-refractivity contribution in [2.24, 2.45) is 0 Å². The van der Waals surface area contributed by atoms with E-state index in [4.69, 9.17) is 21.0 Å². The molecule has 0 aromatic heterocycles. The molecule has 2 aliphatic heterocycles. The second kappa shape index (κ2) is 13.1. The van der Waals surface area contributed by atoms with Gasteiger partial charge in [-0.1, -0.05) is 75.2 Å². The Morgan fingerprint density at radius 1 is 0.619 bits per heavy atom. The number of fused-ring (bicyclic) bond motifs is 1. The number of nitriles is 4. The summed E-state index contributed by atoms with van der Waals surface area (Å²) < 4.78 is 0. The topological polar surface area (TPSA) is 136 Å². The van der Waals surface area contributed by atoms with Gasteiger partial charge in [0.1, 0.15) is 35.4 Å². The number of hydrogen-bond donors (Lipinski definition) is 0. The van der Waals surface area contributed by atoms with Crippen molar-refractivity contribution in [1.82, 2.24) is 9.80 Å². The van der Waals surface area contributed by atoms with Crippen LogP contribution in [-0.2, 0) is 9.59 Å². The van der Waals surface area contributed by atoms with Crippen LogP contribution >= 0.6 is 0 Å². The highest BCUT2D eigenvalue weighted by Crippen LogP contribution is 2.46. The van der Waals surface area contributed by atoms with E-state index in [1.807, 2.05) is 38.1 Å². The molecule has 2 aliphatic rings. The number of rotatable bonds is 10. The summed E-state index contributed by atoms with van der Waals surface area (Å²) in [6.07, 6.45) is 6.23. The number of carbonyl (C=O) groups is 2. The number of benzene rings is 2. The summed E-state index contributed by atoms with van der Waals surface area (Å²) in [6, 6.07) is 21.7. The Bertz CT molecular complexity index is 1550. The highest BCUT2D eigenvalue weighted by molar-refractivity contribution is 6.30. The number of amides is 2. The number of carbonyl (C=O) groups excluding carboxylic acids is 2. The fraction of sp³-hybridized carbons (Fsp3) is 0.235. The monoisotopic (exact) mass is 552 g/mol. The number of nitrogens with zero attached hydrogens (tertiary/aromatic N) is 6. The van der Waals surface area contributed by atoms with Crippen LogP contribution < -0.4 is 0 Å². The molecule has 2 aromatic carbocycles. The molecule has 206 valence electrons. The van der Waals surface area contributed by atoms with Crippen molar-refractivity contribution in [2.45, 2.75) is 39.5 Å². The first kappa shape index (κ1) is 29.3. The lowest BCUT2D eigenvalue weighted by atomic mass is 10.00. The van der Waals surface area contributed by atoms with Crippen LogP contribution in [0.15, 0.2) is 70.8 Å². The van der Waals surface area contributed by atoms with Gasteiger partial charge in [-0.25, -0.2) is 0 Å². The van der Waals surface area contributed by atoms with E-state index >= 15 is 0 Å². The van der Waals surface area contributed by atoms with Crippen LogP contribution in [-0.4, -0.2) is 34.7 Å². The standard InChI is InChI=1S/C34H28N6O2/c1-3-5-15-39-31(27-11-7-23(8-12-27)17-25(19-35)20-36)29-30(33(39)41)32(40(34(29)42)16-6-4-2)28-13-9-24(10-14-28)18-26(21-37)22-38/h7-14,17-18H,3-6,15-16H2,1-2H3. The van der Waals surface area contributed by atoms with Crippen LogP contribution in [0.1, 0.15) is 61.8 Å². The maximum Gasteiger partial charge on any atom is 0.261 e. The zero-order valence-corrected chi connectivity index (χ0v) is 23.5. The molecule has 2 aromatic rings. The van der Waals surface area contributed by atoms with Gasteiger partial charge in [0.05, 0.1) is 22.5 Å². The third kappa shape index (κ3) is 5.62. The van der Waals surface area contributed by atoms with Gasteiger partial charge in [-0.2, -0.15) is 21.0 Å². The molecule has 0 N–H and O–H groups in total. The SMILES string of the molecule is CCCCN1C(=O)C2=C(c3ccc(C=C(C#N)C#N)cc3)N(CCCC)C(=O)C2=C1c1ccc(C=C(C#N)C#N)cc1. The highest BCUT2D eigenvalue weighted by Gasteiger charge is 2.48. The molecule has 0 aliphatic carbocycles. The normalized spacial score (nSPS) is 13.8. The van der Waals surface area contributed by atoms with Crippen LogP contribution in [0.5, 0.6) is 0 Å². The molecule has 42 heavy (non-hydrogen) atoms.